The van der Waals surface area contributed by atoms with E-state index in [2.05, 4.69) is 35.3 Å². The molecule has 4 nitrogen and oxygen atoms in total. The molecule has 0 radical (unpaired) electrons. The molecule has 1 aromatic heterocycles. The van der Waals surface area contributed by atoms with E-state index in [1.54, 1.807) is 6.92 Å². The number of pyridine rings is 1. The lowest BCUT2D eigenvalue weighted by Crippen LogP contribution is -2.56. The normalized spacial score (nSPS) is 27.1. The molecule has 2 atom stereocenters. The highest BCUT2D eigenvalue weighted by Crippen LogP contribution is 2.47. The van der Waals surface area contributed by atoms with Crippen molar-refractivity contribution in [3.63, 3.8) is 0 Å². The molecule has 24 heavy (non-hydrogen) atoms. The van der Waals surface area contributed by atoms with E-state index in [9.17, 15) is 4.39 Å². The van der Waals surface area contributed by atoms with Crippen molar-refractivity contribution in [2.45, 2.75) is 38.8 Å². The third-order valence-corrected chi connectivity index (χ3v) is 5.97. The number of likely N-dealkylation sites (N-methyl/N-ethyl adjacent to an activating group) is 2. The summed E-state index contributed by atoms with van der Waals surface area (Å²) in [6.45, 7) is 10.3. The molecule has 0 aromatic carbocycles. The molecule has 5 heteroatoms. The van der Waals surface area contributed by atoms with E-state index in [4.69, 9.17) is 0 Å². The van der Waals surface area contributed by atoms with Crippen molar-refractivity contribution in [2.75, 3.05) is 32.1 Å². The van der Waals surface area contributed by atoms with Crippen LogP contribution < -0.4 is 4.90 Å². The summed E-state index contributed by atoms with van der Waals surface area (Å²) in [5.74, 6) is -0.230. The summed E-state index contributed by atoms with van der Waals surface area (Å²) < 4.78 is 14.8. The quantitative estimate of drug-likeness (QED) is 0.730. The van der Waals surface area contributed by atoms with Crippen LogP contribution in [0.15, 0.2) is 24.0 Å². The van der Waals surface area contributed by atoms with Crippen molar-refractivity contribution in [1.82, 2.24) is 14.8 Å². The Balaban J connectivity index is 1.90. The number of hydrogen-bond acceptors (Lipinski definition) is 4. The monoisotopic (exact) mass is 328 g/mol. The van der Waals surface area contributed by atoms with Crippen LogP contribution in [-0.4, -0.2) is 54.1 Å². The van der Waals surface area contributed by atoms with Crippen molar-refractivity contribution in [3.05, 3.63) is 41.1 Å². The first-order chi connectivity index (χ1) is 11.4. The highest BCUT2D eigenvalue weighted by Gasteiger charge is 2.40. The lowest BCUT2D eigenvalue weighted by molar-refractivity contribution is 0.0843. The van der Waals surface area contributed by atoms with Crippen LogP contribution in [-0.2, 0) is 0 Å². The number of rotatable bonds is 0. The van der Waals surface area contributed by atoms with Crippen LogP contribution in [0.4, 0.5) is 10.1 Å². The number of halogens is 1. The van der Waals surface area contributed by atoms with Gasteiger partial charge in [0.1, 0.15) is 0 Å². The fourth-order valence-electron chi connectivity index (χ4n) is 4.31. The van der Waals surface area contributed by atoms with Gasteiger partial charge in [-0.2, -0.15) is 0 Å². The number of aryl methyl sites for hydroxylation is 1. The Labute approximate surface area is 143 Å². The van der Waals surface area contributed by atoms with Crippen molar-refractivity contribution in [3.8, 4) is 0 Å². The maximum Gasteiger partial charge on any atom is 0.168 e. The molecule has 3 aliphatic rings. The molecule has 0 bridgehead atoms. The SMILES string of the molecule is C=C1C2=C(c3cnc(C)c(F)c3N1C)N1CC(C)N(C)CC1CC2. The Morgan fingerprint density at radius 3 is 2.79 bits per heavy atom. The van der Waals surface area contributed by atoms with Gasteiger partial charge < -0.3 is 9.80 Å². The van der Waals surface area contributed by atoms with Crippen molar-refractivity contribution >= 4 is 11.4 Å². The van der Waals surface area contributed by atoms with Gasteiger partial charge in [0.2, 0.25) is 0 Å². The van der Waals surface area contributed by atoms with Gasteiger partial charge in [-0.1, -0.05) is 6.58 Å². The molecular weight excluding hydrogens is 303 g/mol. The van der Waals surface area contributed by atoms with Crippen LogP contribution >= 0.6 is 0 Å². The van der Waals surface area contributed by atoms with Gasteiger partial charge in [0.15, 0.2) is 5.82 Å². The molecule has 1 saturated heterocycles. The Hall–Kier alpha value is -1.88. The lowest BCUT2D eigenvalue weighted by Gasteiger charge is -2.51. The van der Waals surface area contributed by atoms with Crippen molar-refractivity contribution in [1.29, 1.82) is 0 Å². The fourth-order valence-corrected chi connectivity index (χ4v) is 4.31. The summed E-state index contributed by atoms with van der Waals surface area (Å²) in [4.78, 5) is 11.1. The zero-order valence-corrected chi connectivity index (χ0v) is 14.9. The number of fused-ring (bicyclic) bond motifs is 4. The van der Waals surface area contributed by atoms with Gasteiger partial charge in [0.05, 0.1) is 17.1 Å². The minimum absolute atomic E-state index is 0.230. The van der Waals surface area contributed by atoms with Gasteiger partial charge in [-0.25, -0.2) is 4.39 Å². The fraction of sp³-hybridized carbons (Fsp3) is 0.526. The average Bonchev–Trinajstić information content (AvgIpc) is 2.55. The van der Waals surface area contributed by atoms with Gasteiger partial charge >= 0.3 is 0 Å². The minimum atomic E-state index is -0.230. The zero-order valence-electron chi connectivity index (χ0n) is 14.9. The van der Waals surface area contributed by atoms with E-state index < -0.39 is 0 Å². The highest BCUT2D eigenvalue weighted by molar-refractivity contribution is 5.86. The number of anilines is 1. The molecule has 4 heterocycles. The molecule has 128 valence electrons. The Bertz CT molecular complexity index is 754. The highest BCUT2D eigenvalue weighted by atomic mass is 19.1. The number of piperazine rings is 1. The molecule has 0 spiro atoms. The van der Waals surface area contributed by atoms with Gasteiger partial charge in [-0.3, -0.25) is 9.88 Å². The van der Waals surface area contributed by atoms with E-state index in [1.165, 1.54) is 5.57 Å². The van der Waals surface area contributed by atoms with Crippen molar-refractivity contribution < 1.29 is 4.39 Å². The van der Waals surface area contributed by atoms with E-state index >= 15 is 0 Å². The standard InChI is InChI=1S/C19H25FN4/c1-11-9-24-14(10-22(11)4)6-7-15-13(3)23(5)19-16(18(15)24)8-21-12(2)17(19)20/h8,11,14H,3,6-7,9-10H2,1-2,4-5H3. The molecule has 4 rings (SSSR count). The second-order valence-corrected chi connectivity index (χ2v) is 7.39. The van der Waals surface area contributed by atoms with E-state index in [0.717, 1.165) is 42.9 Å². The number of allylic oxidation sites excluding steroid dienone is 1. The van der Waals surface area contributed by atoms with E-state index in [-0.39, 0.29) is 5.82 Å². The molecule has 1 aromatic rings. The summed E-state index contributed by atoms with van der Waals surface area (Å²) in [5, 5.41) is 0. The van der Waals surface area contributed by atoms with Crippen LogP contribution in [0.2, 0.25) is 0 Å². The van der Waals surface area contributed by atoms with Crippen molar-refractivity contribution in [2.24, 2.45) is 0 Å². The largest absolute Gasteiger partial charge is 0.365 e. The molecule has 2 unspecified atom stereocenters. The first-order valence-corrected chi connectivity index (χ1v) is 8.68. The van der Waals surface area contributed by atoms with Crippen LogP contribution in [0, 0.1) is 12.7 Å². The molecule has 1 fully saturated rings. The maximum atomic E-state index is 14.8. The summed E-state index contributed by atoms with van der Waals surface area (Å²) in [7, 11) is 4.10. The lowest BCUT2D eigenvalue weighted by atomic mass is 9.85. The Morgan fingerprint density at radius 1 is 1.29 bits per heavy atom. The van der Waals surface area contributed by atoms with E-state index in [0.29, 0.717) is 23.5 Å². The summed E-state index contributed by atoms with van der Waals surface area (Å²) in [6.07, 6.45) is 3.97. The average molecular weight is 328 g/mol. The second kappa shape index (κ2) is 5.31. The molecule has 0 aliphatic carbocycles. The Morgan fingerprint density at radius 2 is 2.04 bits per heavy atom. The molecule has 3 aliphatic heterocycles. The minimum Gasteiger partial charge on any atom is -0.365 e. The van der Waals surface area contributed by atoms with Gasteiger partial charge in [0.25, 0.3) is 0 Å². The zero-order chi connectivity index (χ0) is 17.2. The third-order valence-electron chi connectivity index (χ3n) is 5.97. The maximum absolute atomic E-state index is 14.8. The third kappa shape index (κ3) is 2.04. The molecule has 0 saturated carbocycles. The smallest absolute Gasteiger partial charge is 0.168 e. The Kier molecular flexibility index (Phi) is 3.46. The topological polar surface area (TPSA) is 22.6 Å². The first kappa shape index (κ1) is 15.6. The molecule has 0 N–H and O–H groups in total. The van der Waals surface area contributed by atoms with E-state index in [1.807, 2.05) is 18.1 Å². The number of hydrogen-bond donors (Lipinski definition) is 0. The van der Waals surface area contributed by atoms with Crippen LogP contribution in [0.1, 0.15) is 31.0 Å². The van der Waals surface area contributed by atoms with Gasteiger partial charge in [-0.05, 0) is 39.3 Å². The summed E-state index contributed by atoms with van der Waals surface area (Å²) >= 11 is 0. The summed E-state index contributed by atoms with van der Waals surface area (Å²) in [5.41, 5.74) is 5.32. The number of nitrogens with zero attached hydrogens (tertiary/aromatic N) is 4. The predicted molar refractivity (Wildman–Crippen MR) is 95.2 cm³/mol. The molecule has 0 amide bonds. The predicted octanol–water partition coefficient (Wildman–Crippen LogP) is 3.00. The summed E-state index contributed by atoms with van der Waals surface area (Å²) in [6, 6.07) is 0.964. The second-order valence-electron chi connectivity index (χ2n) is 7.39. The van der Waals surface area contributed by atoms with Crippen LogP contribution in [0.5, 0.6) is 0 Å². The molecular formula is C19H25FN4. The van der Waals surface area contributed by atoms with Crippen LogP contribution in [0.25, 0.3) is 5.70 Å². The number of aromatic nitrogens is 1. The first-order valence-electron chi connectivity index (χ1n) is 8.68. The van der Waals surface area contributed by atoms with Gasteiger partial charge in [-0.15, -0.1) is 0 Å². The van der Waals surface area contributed by atoms with Crippen LogP contribution in [0.3, 0.4) is 0 Å². The van der Waals surface area contributed by atoms with Gasteiger partial charge in [0, 0.05) is 49.7 Å².